The number of benzene rings is 1. The second-order valence-electron chi connectivity index (χ2n) is 3.25. The van der Waals surface area contributed by atoms with Gasteiger partial charge in [-0.15, -0.1) is 0 Å². The van der Waals surface area contributed by atoms with Crippen LogP contribution in [0.3, 0.4) is 0 Å². The fourth-order valence-electron chi connectivity index (χ4n) is 1.10. The first-order chi connectivity index (χ1) is 5.97. The van der Waals surface area contributed by atoms with Gasteiger partial charge in [-0.2, -0.15) is 0 Å². The van der Waals surface area contributed by atoms with Gasteiger partial charge in [-0.3, -0.25) is 0 Å². The van der Waals surface area contributed by atoms with Crippen LogP contribution >= 0.6 is 11.6 Å². The monoisotopic (exact) mass is 202 g/mol. The lowest BCUT2D eigenvalue weighted by Gasteiger charge is -2.22. The Bertz CT molecular complexity index is 310. The highest BCUT2D eigenvalue weighted by molar-refractivity contribution is 6.31. The predicted octanol–water partition coefficient (Wildman–Crippen LogP) is 3.10. The average Bonchev–Trinajstić information content (AvgIpc) is 2.09. The van der Waals surface area contributed by atoms with Crippen LogP contribution in [0.15, 0.2) is 18.2 Å². The van der Waals surface area contributed by atoms with E-state index in [1.807, 2.05) is 6.92 Å². The minimum absolute atomic E-state index is 0.381. The molecule has 0 aromatic heterocycles. The van der Waals surface area contributed by atoms with Gasteiger partial charge in [0.15, 0.2) is 0 Å². The molecule has 1 atom stereocenters. The van der Waals surface area contributed by atoms with Crippen molar-refractivity contribution in [1.29, 1.82) is 0 Å². The third kappa shape index (κ3) is 2.20. The smallest absolute Gasteiger partial charge is 0.123 e. The van der Waals surface area contributed by atoms with Gasteiger partial charge >= 0.3 is 0 Å². The Morgan fingerprint density at radius 2 is 2.15 bits per heavy atom. The SMILES string of the molecule is CCC(C)(O)c1cc(F)ccc1Cl. The molecule has 1 unspecified atom stereocenters. The zero-order valence-corrected chi connectivity index (χ0v) is 8.40. The number of rotatable bonds is 2. The number of aliphatic hydroxyl groups is 1. The third-order valence-electron chi connectivity index (χ3n) is 2.20. The molecule has 13 heavy (non-hydrogen) atoms. The summed E-state index contributed by atoms with van der Waals surface area (Å²) in [6.45, 7) is 3.44. The van der Waals surface area contributed by atoms with Crippen molar-refractivity contribution in [2.75, 3.05) is 0 Å². The highest BCUT2D eigenvalue weighted by atomic mass is 35.5. The Morgan fingerprint density at radius 1 is 1.54 bits per heavy atom. The fourth-order valence-corrected chi connectivity index (χ4v) is 1.42. The summed E-state index contributed by atoms with van der Waals surface area (Å²) in [5.74, 6) is -0.381. The predicted molar refractivity (Wildman–Crippen MR) is 51.3 cm³/mol. The van der Waals surface area contributed by atoms with Crippen molar-refractivity contribution in [2.24, 2.45) is 0 Å². The largest absolute Gasteiger partial charge is 0.385 e. The molecule has 1 aromatic carbocycles. The summed E-state index contributed by atoms with van der Waals surface area (Å²) in [6.07, 6.45) is 0.496. The maximum atomic E-state index is 12.8. The summed E-state index contributed by atoms with van der Waals surface area (Å²) in [5, 5.41) is 10.2. The lowest BCUT2D eigenvalue weighted by atomic mass is 9.93. The summed E-state index contributed by atoms with van der Waals surface area (Å²) in [4.78, 5) is 0. The van der Waals surface area contributed by atoms with Crippen molar-refractivity contribution in [1.82, 2.24) is 0 Å². The van der Waals surface area contributed by atoms with Crippen molar-refractivity contribution < 1.29 is 9.50 Å². The van der Waals surface area contributed by atoms with E-state index in [1.165, 1.54) is 18.2 Å². The minimum Gasteiger partial charge on any atom is -0.385 e. The summed E-state index contributed by atoms with van der Waals surface area (Å²) in [7, 11) is 0. The van der Waals surface area contributed by atoms with Crippen LogP contribution < -0.4 is 0 Å². The van der Waals surface area contributed by atoms with Gasteiger partial charge < -0.3 is 5.11 Å². The van der Waals surface area contributed by atoms with Crippen LogP contribution in [0.2, 0.25) is 5.02 Å². The maximum Gasteiger partial charge on any atom is 0.123 e. The van der Waals surface area contributed by atoms with Gasteiger partial charge in [-0.25, -0.2) is 4.39 Å². The molecule has 1 rings (SSSR count). The summed E-state index contributed by atoms with van der Waals surface area (Å²) < 4.78 is 12.8. The van der Waals surface area contributed by atoms with E-state index in [9.17, 15) is 9.50 Å². The molecule has 0 amide bonds. The first-order valence-electron chi connectivity index (χ1n) is 4.15. The molecular formula is C10H12ClFO. The van der Waals surface area contributed by atoms with Gasteiger partial charge in [0.1, 0.15) is 5.82 Å². The molecular weight excluding hydrogens is 191 g/mol. The molecule has 72 valence electrons. The second-order valence-corrected chi connectivity index (χ2v) is 3.66. The van der Waals surface area contributed by atoms with E-state index in [4.69, 9.17) is 11.6 Å². The minimum atomic E-state index is -1.06. The number of halogens is 2. The van der Waals surface area contributed by atoms with Crippen molar-refractivity contribution in [3.8, 4) is 0 Å². The highest BCUT2D eigenvalue weighted by Gasteiger charge is 2.23. The van der Waals surface area contributed by atoms with E-state index in [1.54, 1.807) is 6.92 Å². The molecule has 0 aliphatic carbocycles. The second kappa shape index (κ2) is 3.64. The van der Waals surface area contributed by atoms with Crippen LogP contribution in [-0.4, -0.2) is 5.11 Å². The zero-order valence-electron chi connectivity index (χ0n) is 7.64. The molecule has 0 radical (unpaired) electrons. The van der Waals surface area contributed by atoms with Gasteiger partial charge in [0.25, 0.3) is 0 Å². The van der Waals surface area contributed by atoms with Crippen LogP contribution in [0.4, 0.5) is 4.39 Å². The summed E-state index contributed by atoms with van der Waals surface area (Å²) in [6, 6.07) is 4.00. The molecule has 0 fully saturated rings. The van der Waals surface area contributed by atoms with Gasteiger partial charge in [0.05, 0.1) is 5.60 Å². The molecule has 0 bridgehead atoms. The third-order valence-corrected chi connectivity index (χ3v) is 2.53. The lowest BCUT2D eigenvalue weighted by Crippen LogP contribution is -2.20. The quantitative estimate of drug-likeness (QED) is 0.782. The zero-order chi connectivity index (χ0) is 10.1. The van der Waals surface area contributed by atoms with Crippen LogP contribution in [0.1, 0.15) is 25.8 Å². The Balaban J connectivity index is 3.20. The van der Waals surface area contributed by atoms with Gasteiger partial charge in [0.2, 0.25) is 0 Å². The molecule has 3 heteroatoms. The Labute approximate surface area is 82.2 Å². The van der Waals surface area contributed by atoms with Crippen molar-refractivity contribution in [3.05, 3.63) is 34.6 Å². The molecule has 1 aromatic rings. The Morgan fingerprint density at radius 3 is 2.69 bits per heavy atom. The highest BCUT2D eigenvalue weighted by Crippen LogP contribution is 2.30. The first kappa shape index (κ1) is 10.5. The van der Waals surface area contributed by atoms with Crippen LogP contribution in [0, 0.1) is 5.82 Å². The standard InChI is InChI=1S/C10H12ClFO/c1-3-10(2,13)8-6-7(12)4-5-9(8)11/h4-6,13H,3H2,1-2H3. The van der Waals surface area contributed by atoms with Gasteiger partial charge in [-0.1, -0.05) is 18.5 Å². The van der Waals surface area contributed by atoms with E-state index < -0.39 is 5.60 Å². The van der Waals surface area contributed by atoms with Crippen LogP contribution in [0.5, 0.6) is 0 Å². The van der Waals surface area contributed by atoms with E-state index in [2.05, 4.69) is 0 Å². The fraction of sp³-hybridized carbons (Fsp3) is 0.400. The van der Waals surface area contributed by atoms with Crippen molar-refractivity contribution in [3.63, 3.8) is 0 Å². The molecule has 0 heterocycles. The lowest BCUT2D eigenvalue weighted by molar-refractivity contribution is 0.0529. The summed E-state index contributed by atoms with van der Waals surface area (Å²) >= 11 is 5.83. The molecule has 0 aliphatic rings. The number of hydrogen-bond donors (Lipinski definition) is 1. The van der Waals surface area contributed by atoms with E-state index in [-0.39, 0.29) is 5.82 Å². The van der Waals surface area contributed by atoms with E-state index in [0.29, 0.717) is 17.0 Å². The van der Waals surface area contributed by atoms with Crippen LogP contribution in [-0.2, 0) is 5.60 Å². The molecule has 0 aliphatic heterocycles. The van der Waals surface area contributed by atoms with Gasteiger partial charge in [0, 0.05) is 10.6 Å². The van der Waals surface area contributed by atoms with E-state index in [0.717, 1.165) is 0 Å². The van der Waals surface area contributed by atoms with Crippen molar-refractivity contribution in [2.45, 2.75) is 25.9 Å². The van der Waals surface area contributed by atoms with Crippen molar-refractivity contribution >= 4 is 11.6 Å². The normalized spacial score (nSPS) is 15.5. The molecule has 0 saturated heterocycles. The first-order valence-corrected chi connectivity index (χ1v) is 4.53. The topological polar surface area (TPSA) is 20.2 Å². The molecule has 0 saturated carbocycles. The van der Waals surface area contributed by atoms with Crippen LogP contribution in [0.25, 0.3) is 0 Å². The Hall–Kier alpha value is -0.600. The molecule has 1 nitrogen and oxygen atoms in total. The Kier molecular flexibility index (Phi) is 2.94. The molecule has 0 spiro atoms. The molecule has 1 N–H and O–H groups in total. The average molecular weight is 203 g/mol. The van der Waals surface area contributed by atoms with E-state index >= 15 is 0 Å². The van der Waals surface area contributed by atoms with Gasteiger partial charge in [-0.05, 0) is 31.5 Å². The summed E-state index contributed by atoms with van der Waals surface area (Å²) in [5.41, 5.74) is -0.615. The maximum absolute atomic E-state index is 12.8. The number of hydrogen-bond acceptors (Lipinski definition) is 1.